The zero-order chi connectivity index (χ0) is 17.2. The highest BCUT2D eigenvalue weighted by atomic mass is 16.6. The van der Waals surface area contributed by atoms with E-state index < -0.39 is 29.7 Å². The van der Waals surface area contributed by atoms with E-state index in [-0.39, 0.29) is 19.4 Å². The first-order chi connectivity index (χ1) is 10.2. The van der Waals surface area contributed by atoms with Gasteiger partial charge in [0, 0.05) is 19.5 Å². The van der Waals surface area contributed by atoms with E-state index in [1.807, 2.05) is 0 Å². The molecule has 0 aromatic heterocycles. The third-order valence-electron chi connectivity index (χ3n) is 2.53. The molecule has 1 atom stereocenters. The molecule has 0 bridgehead atoms. The number of methoxy groups -OCH3 is 2. The Labute approximate surface area is 130 Å². The summed E-state index contributed by atoms with van der Waals surface area (Å²) in [4.78, 5) is 34.1. The van der Waals surface area contributed by atoms with Crippen molar-refractivity contribution in [3.8, 4) is 0 Å². The van der Waals surface area contributed by atoms with Gasteiger partial charge in [-0.05, 0) is 27.2 Å². The first-order valence-electron chi connectivity index (χ1n) is 7.04. The van der Waals surface area contributed by atoms with Gasteiger partial charge in [0.15, 0.2) is 0 Å². The minimum absolute atomic E-state index is 0.1000. The lowest BCUT2D eigenvalue weighted by molar-refractivity contribution is -0.144. The van der Waals surface area contributed by atoms with E-state index in [0.717, 1.165) is 0 Å². The molecule has 128 valence electrons. The van der Waals surface area contributed by atoms with Crippen LogP contribution in [0.25, 0.3) is 0 Å². The van der Waals surface area contributed by atoms with E-state index in [9.17, 15) is 14.4 Å². The summed E-state index contributed by atoms with van der Waals surface area (Å²) in [6.07, 6.45) is -0.173. The van der Waals surface area contributed by atoms with Gasteiger partial charge >= 0.3 is 18.0 Å². The van der Waals surface area contributed by atoms with Crippen molar-refractivity contribution in [1.82, 2.24) is 10.6 Å². The number of ether oxygens (including phenoxy) is 3. The third-order valence-corrected chi connectivity index (χ3v) is 2.53. The Hall–Kier alpha value is -1.83. The molecule has 8 nitrogen and oxygen atoms in total. The standard InChI is InChI=1S/C14H26N2O6/c1-14(2,3)22-13(19)16-9-8-15-10(12(18)21-5)6-7-11(17)20-4/h10,15H,6-9H2,1-5H3,(H,16,19)/t10-/m0/s1. The Balaban J connectivity index is 4.10. The number of rotatable bonds is 8. The second-order valence-electron chi connectivity index (χ2n) is 5.57. The highest BCUT2D eigenvalue weighted by Gasteiger charge is 2.20. The Morgan fingerprint density at radius 1 is 1.05 bits per heavy atom. The van der Waals surface area contributed by atoms with Crippen LogP contribution in [0.2, 0.25) is 0 Å². The van der Waals surface area contributed by atoms with Gasteiger partial charge in [0.1, 0.15) is 11.6 Å². The van der Waals surface area contributed by atoms with Crippen LogP contribution in [-0.4, -0.2) is 57.0 Å². The lowest BCUT2D eigenvalue weighted by atomic mass is 10.1. The summed E-state index contributed by atoms with van der Waals surface area (Å²) in [6, 6.07) is -0.635. The molecular formula is C14H26N2O6. The van der Waals surface area contributed by atoms with E-state index >= 15 is 0 Å². The second-order valence-corrected chi connectivity index (χ2v) is 5.57. The Morgan fingerprint density at radius 2 is 1.68 bits per heavy atom. The van der Waals surface area contributed by atoms with Crippen LogP contribution in [-0.2, 0) is 23.8 Å². The van der Waals surface area contributed by atoms with Crippen LogP contribution < -0.4 is 10.6 Å². The van der Waals surface area contributed by atoms with Crippen LogP contribution in [0.4, 0.5) is 4.79 Å². The normalized spacial score (nSPS) is 12.2. The summed E-state index contributed by atoms with van der Waals surface area (Å²) in [5, 5.41) is 5.48. The molecule has 0 aliphatic rings. The van der Waals surface area contributed by atoms with E-state index in [2.05, 4.69) is 20.1 Å². The lowest BCUT2D eigenvalue weighted by Crippen LogP contribution is -2.43. The van der Waals surface area contributed by atoms with Gasteiger partial charge in [-0.15, -0.1) is 0 Å². The quantitative estimate of drug-likeness (QED) is 0.383. The zero-order valence-corrected chi connectivity index (χ0v) is 13.9. The molecule has 0 saturated carbocycles. The minimum Gasteiger partial charge on any atom is -0.469 e. The van der Waals surface area contributed by atoms with Gasteiger partial charge in [-0.1, -0.05) is 0 Å². The molecule has 0 rings (SSSR count). The Morgan fingerprint density at radius 3 is 2.18 bits per heavy atom. The maximum atomic E-state index is 11.6. The number of carbonyl (C=O) groups is 3. The molecule has 0 aromatic rings. The van der Waals surface area contributed by atoms with Gasteiger partial charge in [-0.2, -0.15) is 0 Å². The predicted octanol–water partition coefficient (Wildman–Crippen LogP) is 0.596. The fraction of sp³-hybridized carbons (Fsp3) is 0.786. The summed E-state index contributed by atoms with van der Waals surface area (Å²) in [6.45, 7) is 5.92. The van der Waals surface area contributed by atoms with Gasteiger partial charge in [0.25, 0.3) is 0 Å². The van der Waals surface area contributed by atoms with Crippen LogP contribution in [0, 0.1) is 0 Å². The van der Waals surface area contributed by atoms with Crippen molar-refractivity contribution in [1.29, 1.82) is 0 Å². The van der Waals surface area contributed by atoms with E-state index in [1.165, 1.54) is 14.2 Å². The molecule has 8 heteroatoms. The van der Waals surface area contributed by atoms with Crippen LogP contribution in [0.3, 0.4) is 0 Å². The lowest BCUT2D eigenvalue weighted by Gasteiger charge is -2.20. The van der Waals surface area contributed by atoms with Crippen molar-refractivity contribution in [3.05, 3.63) is 0 Å². The molecule has 0 unspecified atom stereocenters. The molecule has 0 spiro atoms. The highest BCUT2D eigenvalue weighted by Crippen LogP contribution is 2.06. The average Bonchev–Trinajstić information content (AvgIpc) is 2.43. The minimum atomic E-state index is -0.635. The van der Waals surface area contributed by atoms with Crippen molar-refractivity contribution in [2.24, 2.45) is 0 Å². The summed E-state index contributed by atoms with van der Waals surface area (Å²) < 4.78 is 14.3. The average molecular weight is 318 g/mol. The number of hydrogen-bond donors (Lipinski definition) is 2. The van der Waals surface area contributed by atoms with E-state index in [0.29, 0.717) is 6.54 Å². The number of nitrogens with one attached hydrogen (secondary N) is 2. The van der Waals surface area contributed by atoms with Crippen LogP contribution >= 0.6 is 0 Å². The first kappa shape index (κ1) is 20.2. The number of esters is 2. The smallest absolute Gasteiger partial charge is 0.407 e. The third kappa shape index (κ3) is 9.98. The molecule has 0 aliphatic carbocycles. The molecule has 0 aromatic carbocycles. The second kappa shape index (κ2) is 9.99. The molecule has 0 fully saturated rings. The van der Waals surface area contributed by atoms with Crippen molar-refractivity contribution in [3.63, 3.8) is 0 Å². The Bertz CT molecular complexity index is 378. The fourth-order valence-electron chi connectivity index (χ4n) is 1.53. The number of amides is 1. The fourth-order valence-corrected chi connectivity index (χ4v) is 1.53. The van der Waals surface area contributed by atoms with Gasteiger partial charge in [0.2, 0.25) is 0 Å². The summed E-state index contributed by atoms with van der Waals surface area (Å²) in [5.41, 5.74) is -0.563. The van der Waals surface area contributed by atoms with E-state index in [1.54, 1.807) is 20.8 Å². The summed E-state index contributed by atoms with van der Waals surface area (Å²) in [7, 11) is 2.56. The molecule has 22 heavy (non-hydrogen) atoms. The van der Waals surface area contributed by atoms with Crippen LogP contribution in [0.15, 0.2) is 0 Å². The molecule has 0 saturated heterocycles. The van der Waals surface area contributed by atoms with Crippen LogP contribution in [0.1, 0.15) is 33.6 Å². The molecule has 0 heterocycles. The van der Waals surface area contributed by atoms with Gasteiger partial charge < -0.3 is 24.8 Å². The SMILES string of the molecule is COC(=O)CC[C@H](NCCNC(=O)OC(C)(C)C)C(=O)OC. The van der Waals surface area contributed by atoms with Crippen LogP contribution in [0.5, 0.6) is 0 Å². The zero-order valence-electron chi connectivity index (χ0n) is 13.9. The molecule has 0 radical (unpaired) electrons. The monoisotopic (exact) mass is 318 g/mol. The topological polar surface area (TPSA) is 103 Å². The largest absolute Gasteiger partial charge is 0.469 e. The molecule has 1 amide bonds. The molecular weight excluding hydrogens is 292 g/mol. The van der Waals surface area contributed by atoms with Crippen molar-refractivity contribution < 1.29 is 28.6 Å². The molecule has 2 N–H and O–H groups in total. The molecule has 0 aliphatic heterocycles. The highest BCUT2D eigenvalue weighted by molar-refractivity contribution is 5.77. The van der Waals surface area contributed by atoms with Crippen molar-refractivity contribution >= 4 is 18.0 Å². The maximum Gasteiger partial charge on any atom is 0.407 e. The summed E-state index contributed by atoms with van der Waals surface area (Å²) >= 11 is 0. The predicted molar refractivity (Wildman–Crippen MR) is 79.3 cm³/mol. The first-order valence-corrected chi connectivity index (χ1v) is 7.04. The van der Waals surface area contributed by atoms with Gasteiger partial charge in [-0.3, -0.25) is 9.59 Å². The number of carbonyl (C=O) groups excluding carboxylic acids is 3. The summed E-state index contributed by atoms with van der Waals surface area (Å²) in [5.74, 6) is -0.872. The Kier molecular flexibility index (Phi) is 9.16. The van der Waals surface area contributed by atoms with Gasteiger partial charge in [0.05, 0.1) is 14.2 Å². The maximum absolute atomic E-state index is 11.6. The number of hydrogen-bond acceptors (Lipinski definition) is 7. The van der Waals surface area contributed by atoms with Gasteiger partial charge in [-0.25, -0.2) is 4.79 Å². The van der Waals surface area contributed by atoms with E-state index in [4.69, 9.17) is 4.74 Å². The van der Waals surface area contributed by atoms with Crippen molar-refractivity contribution in [2.75, 3.05) is 27.3 Å². The van der Waals surface area contributed by atoms with Crippen molar-refractivity contribution in [2.45, 2.75) is 45.3 Å². The number of alkyl carbamates (subject to hydrolysis) is 1.